The van der Waals surface area contributed by atoms with E-state index in [0.717, 1.165) is 44.6 Å². The van der Waals surface area contributed by atoms with Crippen molar-refractivity contribution in [2.24, 2.45) is 11.1 Å². The van der Waals surface area contributed by atoms with Crippen LogP contribution in [0.3, 0.4) is 0 Å². The van der Waals surface area contributed by atoms with E-state index in [2.05, 4.69) is 22.3 Å². The van der Waals surface area contributed by atoms with Crippen molar-refractivity contribution in [3.05, 3.63) is 0 Å². The van der Waals surface area contributed by atoms with Gasteiger partial charge in [-0.25, -0.2) is 0 Å². The molecule has 18 heavy (non-hydrogen) atoms. The van der Waals surface area contributed by atoms with E-state index in [4.69, 9.17) is 5.21 Å². The van der Waals surface area contributed by atoms with Crippen molar-refractivity contribution in [1.82, 2.24) is 10.2 Å². The van der Waals surface area contributed by atoms with Crippen LogP contribution in [0.4, 0.5) is 0 Å². The Morgan fingerprint density at radius 2 is 2.39 bits per heavy atom. The SMILES string of the molecule is CCCCNC(=O)C(C)N1CCC(=NO)C(C)C1. The highest BCUT2D eigenvalue weighted by molar-refractivity contribution is 5.87. The van der Waals surface area contributed by atoms with E-state index in [0.29, 0.717) is 0 Å². The molecule has 2 unspecified atom stereocenters. The van der Waals surface area contributed by atoms with Gasteiger partial charge in [0.2, 0.25) is 5.91 Å². The molecule has 0 aromatic rings. The third kappa shape index (κ3) is 3.98. The maximum atomic E-state index is 11.9. The topological polar surface area (TPSA) is 64.9 Å². The van der Waals surface area contributed by atoms with Gasteiger partial charge in [0.25, 0.3) is 0 Å². The molecule has 1 aliphatic rings. The predicted octanol–water partition coefficient (Wildman–Crippen LogP) is 1.46. The number of unbranched alkanes of at least 4 members (excludes halogenated alkanes) is 1. The average Bonchev–Trinajstić information content (AvgIpc) is 2.38. The van der Waals surface area contributed by atoms with E-state index in [1.165, 1.54) is 0 Å². The zero-order valence-corrected chi connectivity index (χ0v) is 11.6. The Hall–Kier alpha value is -1.10. The van der Waals surface area contributed by atoms with Crippen LogP contribution in [-0.4, -0.2) is 47.4 Å². The highest BCUT2D eigenvalue weighted by Gasteiger charge is 2.28. The molecule has 1 saturated heterocycles. The number of nitrogens with zero attached hydrogens (tertiary/aromatic N) is 2. The van der Waals surface area contributed by atoms with Gasteiger partial charge in [0.05, 0.1) is 11.8 Å². The Kier molecular flexibility index (Phi) is 6.12. The van der Waals surface area contributed by atoms with Crippen molar-refractivity contribution in [2.45, 2.75) is 46.1 Å². The van der Waals surface area contributed by atoms with E-state index in [-0.39, 0.29) is 17.9 Å². The van der Waals surface area contributed by atoms with E-state index in [1.807, 2.05) is 13.8 Å². The van der Waals surface area contributed by atoms with Crippen LogP contribution in [0, 0.1) is 5.92 Å². The third-order valence-electron chi connectivity index (χ3n) is 3.62. The first kappa shape index (κ1) is 15.0. The van der Waals surface area contributed by atoms with Crippen molar-refractivity contribution in [3.63, 3.8) is 0 Å². The van der Waals surface area contributed by atoms with Gasteiger partial charge in [-0.15, -0.1) is 0 Å². The molecule has 1 amide bonds. The Bertz CT molecular complexity index is 305. The zero-order valence-electron chi connectivity index (χ0n) is 11.6. The van der Waals surface area contributed by atoms with Gasteiger partial charge in [0.1, 0.15) is 0 Å². The maximum Gasteiger partial charge on any atom is 0.237 e. The van der Waals surface area contributed by atoms with Crippen molar-refractivity contribution < 1.29 is 10.0 Å². The minimum Gasteiger partial charge on any atom is -0.411 e. The highest BCUT2D eigenvalue weighted by Crippen LogP contribution is 2.16. The number of carbonyl (C=O) groups is 1. The first-order valence-electron chi connectivity index (χ1n) is 6.82. The molecule has 2 N–H and O–H groups in total. The Balaban J connectivity index is 2.43. The molecule has 0 aliphatic carbocycles. The van der Waals surface area contributed by atoms with Crippen LogP contribution < -0.4 is 5.32 Å². The summed E-state index contributed by atoms with van der Waals surface area (Å²) >= 11 is 0. The molecule has 0 aromatic carbocycles. The van der Waals surface area contributed by atoms with Crippen LogP contribution in [0.25, 0.3) is 0 Å². The molecule has 0 spiro atoms. The summed E-state index contributed by atoms with van der Waals surface area (Å²) < 4.78 is 0. The first-order valence-corrected chi connectivity index (χ1v) is 6.82. The molecule has 1 fully saturated rings. The van der Waals surface area contributed by atoms with Crippen LogP contribution in [0.15, 0.2) is 5.16 Å². The number of hydrogen-bond donors (Lipinski definition) is 2. The molecule has 0 radical (unpaired) electrons. The van der Waals surface area contributed by atoms with Gasteiger partial charge in [0.15, 0.2) is 0 Å². The molecule has 1 aliphatic heterocycles. The summed E-state index contributed by atoms with van der Waals surface area (Å²) in [5.74, 6) is 0.315. The second kappa shape index (κ2) is 7.36. The zero-order chi connectivity index (χ0) is 13.5. The monoisotopic (exact) mass is 255 g/mol. The molecular weight excluding hydrogens is 230 g/mol. The second-order valence-corrected chi connectivity index (χ2v) is 5.06. The summed E-state index contributed by atoms with van der Waals surface area (Å²) in [5, 5.41) is 15.1. The predicted molar refractivity (Wildman–Crippen MR) is 72.0 cm³/mol. The fourth-order valence-electron chi connectivity index (χ4n) is 2.26. The Labute approximate surface area is 109 Å². The van der Waals surface area contributed by atoms with Gasteiger partial charge in [0, 0.05) is 32.0 Å². The smallest absolute Gasteiger partial charge is 0.237 e. The van der Waals surface area contributed by atoms with E-state index < -0.39 is 0 Å². The third-order valence-corrected chi connectivity index (χ3v) is 3.62. The number of amides is 1. The van der Waals surface area contributed by atoms with Gasteiger partial charge in [-0.05, 0) is 13.3 Å². The summed E-state index contributed by atoms with van der Waals surface area (Å²) in [5.41, 5.74) is 0.838. The van der Waals surface area contributed by atoms with Crippen LogP contribution in [-0.2, 0) is 4.79 Å². The summed E-state index contributed by atoms with van der Waals surface area (Å²) in [6, 6.07) is -0.107. The molecule has 1 rings (SSSR count). The van der Waals surface area contributed by atoms with Gasteiger partial charge in [-0.3, -0.25) is 9.69 Å². The number of carbonyl (C=O) groups excluding carboxylic acids is 1. The lowest BCUT2D eigenvalue weighted by Crippen LogP contribution is -2.50. The molecule has 1 heterocycles. The number of hydrogen-bond acceptors (Lipinski definition) is 4. The lowest BCUT2D eigenvalue weighted by atomic mass is 9.96. The Morgan fingerprint density at radius 1 is 1.67 bits per heavy atom. The molecule has 5 nitrogen and oxygen atoms in total. The van der Waals surface area contributed by atoms with Crippen molar-refractivity contribution in [1.29, 1.82) is 0 Å². The molecule has 5 heteroatoms. The number of nitrogens with one attached hydrogen (secondary N) is 1. The van der Waals surface area contributed by atoms with Crippen LogP contribution >= 0.6 is 0 Å². The van der Waals surface area contributed by atoms with Gasteiger partial charge in [-0.2, -0.15) is 0 Å². The average molecular weight is 255 g/mol. The first-order chi connectivity index (χ1) is 8.60. The quantitative estimate of drug-likeness (QED) is 0.444. The second-order valence-electron chi connectivity index (χ2n) is 5.06. The number of oxime groups is 1. The van der Waals surface area contributed by atoms with Crippen molar-refractivity contribution in [3.8, 4) is 0 Å². The summed E-state index contributed by atoms with van der Waals surface area (Å²) in [6.07, 6.45) is 2.85. The van der Waals surface area contributed by atoms with E-state index in [1.54, 1.807) is 0 Å². The van der Waals surface area contributed by atoms with Crippen molar-refractivity contribution in [2.75, 3.05) is 19.6 Å². The molecule has 2 atom stereocenters. The normalized spacial score (nSPS) is 25.1. The van der Waals surface area contributed by atoms with Crippen LogP contribution in [0.2, 0.25) is 0 Å². The standard InChI is InChI=1S/C13H25N3O2/c1-4-5-7-14-13(17)11(3)16-8-6-12(15-18)10(2)9-16/h10-11,18H,4-9H2,1-3H3,(H,14,17). The maximum absolute atomic E-state index is 11.9. The lowest BCUT2D eigenvalue weighted by Gasteiger charge is -2.35. The van der Waals surface area contributed by atoms with Gasteiger partial charge >= 0.3 is 0 Å². The minimum absolute atomic E-state index is 0.0973. The fourth-order valence-corrected chi connectivity index (χ4v) is 2.26. The van der Waals surface area contributed by atoms with Crippen molar-refractivity contribution >= 4 is 11.6 Å². The number of rotatable bonds is 5. The summed E-state index contributed by atoms with van der Waals surface area (Å²) in [6.45, 7) is 8.40. The highest BCUT2D eigenvalue weighted by atomic mass is 16.4. The molecule has 104 valence electrons. The van der Waals surface area contributed by atoms with Crippen LogP contribution in [0.1, 0.15) is 40.0 Å². The molecular formula is C13H25N3O2. The fraction of sp³-hybridized carbons (Fsp3) is 0.846. The molecule has 0 aromatic heterocycles. The Morgan fingerprint density at radius 3 is 2.94 bits per heavy atom. The number of likely N-dealkylation sites (tertiary alicyclic amines) is 1. The largest absolute Gasteiger partial charge is 0.411 e. The van der Waals surface area contributed by atoms with Gasteiger partial charge in [-0.1, -0.05) is 25.4 Å². The van der Waals surface area contributed by atoms with Gasteiger partial charge < -0.3 is 10.5 Å². The van der Waals surface area contributed by atoms with E-state index >= 15 is 0 Å². The molecule has 0 saturated carbocycles. The van der Waals surface area contributed by atoms with E-state index in [9.17, 15) is 4.79 Å². The minimum atomic E-state index is -0.107. The summed E-state index contributed by atoms with van der Waals surface area (Å²) in [4.78, 5) is 14.1. The summed E-state index contributed by atoms with van der Waals surface area (Å²) in [7, 11) is 0. The lowest BCUT2D eigenvalue weighted by molar-refractivity contribution is -0.126. The van der Waals surface area contributed by atoms with Crippen LogP contribution in [0.5, 0.6) is 0 Å². The number of piperidine rings is 1. The molecule has 0 bridgehead atoms.